The van der Waals surface area contributed by atoms with Gasteiger partial charge in [-0.2, -0.15) is 5.48 Å². The molecule has 100 valence electrons. The minimum atomic E-state index is -1.14. The van der Waals surface area contributed by atoms with Crippen LogP contribution in [0.2, 0.25) is 0 Å². The van der Waals surface area contributed by atoms with Crippen molar-refractivity contribution in [1.82, 2.24) is 10.4 Å². The van der Waals surface area contributed by atoms with Crippen molar-refractivity contribution in [3.8, 4) is 0 Å². The van der Waals surface area contributed by atoms with Gasteiger partial charge in [-0.25, -0.2) is 9.18 Å². The van der Waals surface area contributed by atoms with Crippen molar-refractivity contribution in [3.05, 3.63) is 0 Å². The first-order valence-corrected chi connectivity index (χ1v) is 5.74. The summed E-state index contributed by atoms with van der Waals surface area (Å²) in [4.78, 5) is 17.8. The number of halogens is 1. The largest absolute Gasteiger partial charge is 0.444 e. The molecule has 0 saturated carbocycles. The number of hydroxylamine groups is 1. The lowest BCUT2D eigenvalue weighted by molar-refractivity contribution is -0.0176. The zero-order valence-electron chi connectivity index (χ0n) is 10.8. The SMILES string of the molecule is CONC1CCN(C(=O)OC(C)(C)C)CC1F. The average molecular weight is 248 g/mol. The van der Waals surface area contributed by atoms with Gasteiger partial charge in [0.2, 0.25) is 0 Å². The van der Waals surface area contributed by atoms with Crippen LogP contribution in [-0.4, -0.2) is 49.0 Å². The summed E-state index contributed by atoms with van der Waals surface area (Å²) in [5.41, 5.74) is 2.04. The van der Waals surface area contributed by atoms with Gasteiger partial charge in [0.25, 0.3) is 0 Å². The lowest BCUT2D eigenvalue weighted by atomic mass is 10.0. The Bertz CT molecular complexity index is 268. The van der Waals surface area contributed by atoms with Gasteiger partial charge < -0.3 is 14.5 Å². The number of alkyl halides is 1. The molecule has 6 heteroatoms. The second kappa shape index (κ2) is 5.64. The van der Waals surface area contributed by atoms with E-state index in [0.29, 0.717) is 13.0 Å². The Labute approximate surface area is 101 Å². The number of rotatable bonds is 2. The number of carbonyl (C=O) groups excluding carboxylic acids is 1. The molecule has 1 aliphatic rings. The Morgan fingerprint density at radius 1 is 1.47 bits per heavy atom. The fourth-order valence-electron chi connectivity index (χ4n) is 1.68. The lowest BCUT2D eigenvalue weighted by Gasteiger charge is -2.35. The van der Waals surface area contributed by atoms with Crippen LogP contribution in [0.15, 0.2) is 0 Å². The summed E-state index contributed by atoms with van der Waals surface area (Å²) < 4.78 is 18.9. The second-order valence-electron chi connectivity index (χ2n) is 5.16. The van der Waals surface area contributed by atoms with Crippen molar-refractivity contribution < 1.29 is 18.8 Å². The highest BCUT2D eigenvalue weighted by Gasteiger charge is 2.33. The van der Waals surface area contributed by atoms with Gasteiger partial charge in [-0.15, -0.1) is 0 Å². The van der Waals surface area contributed by atoms with Gasteiger partial charge in [0.05, 0.1) is 19.7 Å². The third-order valence-electron chi connectivity index (χ3n) is 2.46. The molecule has 0 radical (unpaired) electrons. The molecule has 2 unspecified atom stereocenters. The fourth-order valence-corrected chi connectivity index (χ4v) is 1.68. The van der Waals surface area contributed by atoms with E-state index in [0.717, 1.165) is 0 Å². The van der Waals surface area contributed by atoms with Crippen molar-refractivity contribution in [2.24, 2.45) is 0 Å². The van der Waals surface area contributed by atoms with E-state index in [2.05, 4.69) is 5.48 Å². The zero-order chi connectivity index (χ0) is 13.1. The van der Waals surface area contributed by atoms with Gasteiger partial charge in [0, 0.05) is 6.54 Å². The molecule has 1 rings (SSSR count). The topological polar surface area (TPSA) is 50.8 Å². The standard InChI is InChI=1S/C11H21FN2O3/c1-11(2,3)17-10(15)14-6-5-9(13-16-4)8(12)7-14/h8-9,13H,5-7H2,1-4H3. The Morgan fingerprint density at radius 2 is 2.12 bits per heavy atom. The maximum absolute atomic E-state index is 13.7. The van der Waals surface area contributed by atoms with E-state index in [1.165, 1.54) is 12.0 Å². The number of piperidine rings is 1. The van der Waals surface area contributed by atoms with Crippen LogP contribution in [0.4, 0.5) is 9.18 Å². The number of nitrogens with one attached hydrogen (secondary N) is 1. The molecule has 0 aromatic heterocycles. The second-order valence-corrected chi connectivity index (χ2v) is 5.16. The molecule has 2 atom stereocenters. The number of nitrogens with zero attached hydrogens (tertiary/aromatic N) is 1. The molecule has 0 spiro atoms. The fraction of sp³-hybridized carbons (Fsp3) is 0.909. The van der Waals surface area contributed by atoms with Crippen LogP contribution in [0.5, 0.6) is 0 Å². The van der Waals surface area contributed by atoms with E-state index in [1.807, 2.05) is 0 Å². The van der Waals surface area contributed by atoms with Crippen LogP contribution in [0.1, 0.15) is 27.2 Å². The summed E-state index contributed by atoms with van der Waals surface area (Å²) in [6.07, 6.45) is -1.10. The maximum atomic E-state index is 13.7. The smallest absolute Gasteiger partial charge is 0.410 e. The Morgan fingerprint density at radius 3 is 2.59 bits per heavy atom. The molecule has 1 heterocycles. The van der Waals surface area contributed by atoms with Gasteiger partial charge in [0.1, 0.15) is 11.8 Å². The van der Waals surface area contributed by atoms with Gasteiger partial charge >= 0.3 is 6.09 Å². The first-order valence-electron chi connectivity index (χ1n) is 5.74. The van der Waals surface area contributed by atoms with Crippen molar-refractivity contribution in [2.45, 2.75) is 45.0 Å². The van der Waals surface area contributed by atoms with E-state index in [1.54, 1.807) is 20.8 Å². The molecule has 5 nitrogen and oxygen atoms in total. The summed E-state index contributed by atoms with van der Waals surface area (Å²) in [5.74, 6) is 0. The van der Waals surface area contributed by atoms with Crippen LogP contribution in [-0.2, 0) is 9.57 Å². The van der Waals surface area contributed by atoms with E-state index in [9.17, 15) is 9.18 Å². The summed E-state index contributed by atoms with van der Waals surface area (Å²) in [6.45, 7) is 5.87. The first kappa shape index (κ1) is 14.2. The summed E-state index contributed by atoms with van der Waals surface area (Å²) in [6, 6.07) is -0.362. The van der Waals surface area contributed by atoms with Crippen LogP contribution < -0.4 is 5.48 Å². The van der Waals surface area contributed by atoms with Crippen molar-refractivity contribution >= 4 is 6.09 Å². The third-order valence-corrected chi connectivity index (χ3v) is 2.46. The molecule has 1 amide bonds. The van der Waals surface area contributed by atoms with Crippen LogP contribution >= 0.6 is 0 Å². The summed E-state index contributed by atoms with van der Waals surface area (Å²) in [7, 11) is 1.45. The highest BCUT2D eigenvalue weighted by atomic mass is 19.1. The van der Waals surface area contributed by atoms with E-state index in [4.69, 9.17) is 9.57 Å². The third kappa shape index (κ3) is 4.47. The van der Waals surface area contributed by atoms with Crippen molar-refractivity contribution in [2.75, 3.05) is 20.2 Å². The maximum Gasteiger partial charge on any atom is 0.410 e. The number of likely N-dealkylation sites (tertiary alicyclic amines) is 1. The van der Waals surface area contributed by atoms with Crippen LogP contribution in [0.25, 0.3) is 0 Å². The monoisotopic (exact) mass is 248 g/mol. The molecule has 0 aromatic rings. The highest BCUT2D eigenvalue weighted by molar-refractivity contribution is 5.68. The summed E-state index contributed by atoms with van der Waals surface area (Å²) in [5, 5.41) is 0. The van der Waals surface area contributed by atoms with Crippen molar-refractivity contribution in [1.29, 1.82) is 0 Å². The molecular weight excluding hydrogens is 227 g/mol. The Kier molecular flexibility index (Phi) is 4.70. The Balaban J connectivity index is 2.46. The molecule has 1 fully saturated rings. The number of amides is 1. The summed E-state index contributed by atoms with van der Waals surface area (Å²) >= 11 is 0. The normalized spacial score (nSPS) is 25.8. The minimum Gasteiger partial charge on any atom is -0.444 e. The Hall–Kier alpha value is -0.880. The predicted octanol–water partition coefficient (Wildman–Crippen LogP) is 1.48. The van der Waals surface area contributed by atoms with E-state index in [-0.39, 0.29) is 12.6 Å². The number of carbonyl (C=O) groups is 1. The van der Waals surface area contributed by atoms with Gasteiger partial charge in [-0.1, -0.05) is 0 Å². The molecule has 1 aliphatic heterocycles. The van der Waals surface area contributed by atoms with Gasteiger partial charge in [-0.3, -0.25) is 0 Å². The van der Waals surface area contributed by atoms with Crippen molar-refractivity contribution in [3.63, 3.8) is 0 Å². The molecule has 0 aromatic carbocycles. The predicted molar refractivity (Wildman–Crippen MR) is 61.3 cm³/mol. The molecule has 1 saturated heterocycles. The number of hydrogen-bond donors (Lipinski definition) is 1. The van der Waals surface area contributed by atoms with Gasteiger partial charge in [0.15, 0.2) is 0 Å². The molecule has 17 heavy (non-hydrogen) atoms. The average Bonchev–Trinajstić information content (AvgIpc) is 2.18. The molecule has 0 bridgehead atoms. The molecular formula is C11H21FN2O3. The van der Waals surface area contributed by atoms with Crippen LogP contribution in [0, 0.1) is 0 Å². The quantitative estimate of drug-likeness (QED) is 0.752. The molecule has 0 aliphatic carbocycles. The first-order chi connectivity index (χ1) is 7.83. The van der Waals surface area contributed by atoms with E-state index < -0.39 is 17.9 Å². The van der Waals surface area contributed by atoms with Gasteiger partial charge in [-0.05, 0) is 27.2 Å². The zero-order valence-corrected chi connectivity index (χ0v) is 10.8. The highest BCUT2D eigenvalue weighted by Crippen LogP contribution is 2.17. The molecule has 1 N–H and O–H groups in total. The van der Waals surface area contributed by atoms with Crippen LogP contribution in [0.3, 0.4) is 0 Å². The number of ether oxygens (including phenoxy) is 1. The number of hydrogen-bond acceptors (Lipinski definition) is 4. The lowest BCUT2D eigenvalue weighted by Crippen LogP contribution is -2.53. The van der Waals surface area contributed by atoms with E-state index >= 15 is 0 Å². The minimum absolute atomic E-state index is 0.0376.